The number of carbonyl (C=O) groups is 1. The highest BCUT2D eigenvalue weighted by Crippen LogP contribution is 2.13. The highest BCUT2D eigenvalue weighted by atomic mass is 32.2. The zero-order chi connectivity index (χ0) is 20.6. The van der Waals surface area contributed by atoms with Crippen molar-refractivity contribution in [3.8, 4) is 5.75 Å². The van der Waals surface area contributed by atoms with E-state index in [1.54, 1.807) is 31.4 Å². The number of carbonyl (C=O) groups excluding carboxylic acids is 1. The number of sulfone groups is 1. The van der Waals surface area contributed by atoms with E-state index in [9.17, 15) is 13.2 Å². The molecule has 0 unspecified atom stereocenters. The van der Waals surface area contributed by atoms with Crippen molar-refractivity contribution >= 4 is 33.1 Å². The van der Waals surface area contributed by atoms with Crippen molar-refractivity contribution in [2.24, 2.45) is 0 Å². The molecular weight excluding hydrogens is 398 g/mol. The molecule has 0 atom stereocenters. The van der Waals surface area contributed by atoms with Crippen molar-refractivity contribution in [2.75, 3.05) is 12.9 Å². The summed E-state index contributed by atoms with van der Waals surface area (Å²) in [6.45, 7) is 2.34. The maximum atomic E-state index is 12.2. The van der Waals surface area contributed by atoms with Crippen LogP contribution in [0.15, 0.2) is 53.4 Å². The van der Waals surface area contributed by atoms with E-state index >= 15 is 0 Å². The van der Waals surface area contributed by atoms with Gasteiger partial charge in [0.05, 0.1) is 17.8 Å². The fraction of sp³-hybridized carbons (Fsp3) is 0.263. The predicted octanol–water partition coefficient (Wildman–Crippen LogP) is 1.86. The minimum Gasteiger partial charge on any atom is -0.497 e. The van der Waals surface area contributed by atoms with E-state index in [4.69, 9.17) is 17.0 Å². The van der Waals surface area contributed by atoms with Crippen LogP contribution in [0, 0.1) is 6.92 Å². The molecule has 0 bridgehead atoms. The first kappa shape index (κ1) is 21.6. The van der Waals surface area contributed by atoms with Gasteiger partial charge in [0.2, 0.25) is 5.91 Å². The van der Waals surface area contributed by atoms with Crippen LogP contribution in [-0.4, -0.2) is 32.3 Å². The number of hydrogen-bond acceptors (Lipinski definition) is 5. The number of rotatable bonds is 7. The number of amides is 1. The van der Waals surface area contributed by atoms with Gasteiger partial charge < -0.3 is 10.1 Å². The van der Waals surface area contributed by atoms with Crippen LogP contribution < -0.4 is 20.9 Å². The van der Waals surface area contributed by atoms with Crippen LogP contribution >= 0.6 is 12.2 Å². The molecule has 7 nitrogen and oxygen atoms in total. The Morgan fingerprint density at radius 2 is 1.68 bits per heavy atom. The first-order valence-electron chi connectivity index (χ1n) is 8.55. The molecule has 0 heterocycles. The largest absolute Gasteiger partial charge is 0.497 e. The maximum Gasteiger partial charge on any atom is 0.239 e. The molecule has 0 saturated carbocycles. The van der Waals surface area contributed by atoms with Gasteiger partial charge in [-0.15, -0.1) is 0 Å². The molecule has 2 aromatic carbocycles. The number of hydrogen-bond donors (Lipinski definition) is 3. The van der Waals surface area contributed by atoms with E-state index in [0.29, 0.717) is 6.54 Å². The lowest BCUT2D eigenvalue weighted by Crippen LogP contribution is -2.46. The van der Waals surface area contributed by atoms with Gasteiger partial charge >= 0.3 is 0 Å². The van der Waals surface area contributed by atoms with Crippen molar-refractivity contribution in [1.82, 2.24) is 16.2 Å². The summed E-state index contributed by atoms with van der Waals surface area (Å²) in [5.74, 6) is 0.0110. The second kappa shape index (κ2) is 10.0. The third-order valence-corrected chi connectivity index (χ3v) is 5.88. The number of aryl methyl sites for hydroxylation is 1. The van der Waals surface area contributed by atoms with Gasteiger partial charge in [-0.2, -0.15) is 0 Å². The molecule has 0 aliphatic heterocycles. The quantitative estimate of drug-likeness (QED) is 0.464. The Kier molecular flexibility index (Phi) is 7.77. The van der Waals surface area contributed by atoms with Crippen molar-refractivity contribution in [3.05, 3.63) is 59.7 Å². The standard InChI is InChI=1S/C19H23N3O4S2/c1-14-3-9-17(10-4-14)28(24,25)12-11-18(23)21-22-19(27)20-13-15-5-7-16(26-2)8-6-15/h3-10H,11-13H2,1-2H3,(H,21,23)(H2,20,22,27). The summed E-state index contributed by atoms with van der Waals surface area (Å²) >= 11 is 5.09. The van der Waals surface area contributed by atoms with Crippen molar-refractivity contribution in [1.29, 1.82) is 0 Å². The summed E-state index contributed by atoms with van der Waals surface area (Å²) in [4.78, 5) is 12.1. The van der Waals surface area contributed by atoms with Crippen LogP contribution in [0.25, 0.3) is 0 Å². The lowest BCUT2D eigenvalue weighted by molar-refractivity contribution is -0.121. The van der Waals surface area contributed by atoms with E-state index in [0.717, 1.165) is 16.9 Å². The van der Waals surface area contributed by atoms with Gasteiger partial charge in [0.15, 0.2) is 14.9 Å². The third-order valence-electron chi connectivity index (χ3n) is 3.91. The second-order valence-electron chi connectivity index (χ2n) is 6.09. The number of hydrazine groups is 1. The molecule has 9 heteroatoms. The summed E-state index contributed by atoms with van der Waals surface area (Å²) in [6.07, 6.45) is -0.176. The highest BCUT2D eigenvalue weighted by molar-refractivity contribution is 7.91. The molecule has 0 saturated heterocycles. The number of methoxy groups -OCH3 is 1. The van der Waals surface area contributed by atoms with Gasteiger partial charge in [-0.1, -0.05) is 29.8 Å². The molecular formula is C19H23N3O4S2. The van der Waals surface area contributed by atoms with Gasteiger partial charge in [0, 0.05) is 13.0 Å². The topological polar surface area (TPSA) is 96.5 Å². The number of ether oxygens (including phenoxy) is 1. The summed E-state index contributed by atoms with van der Waals surface area (Å²) in [5.41, 5.74) is 6.91. The van der Waals surface area contributed by atoms with Crippen LogP contribution in [0.4, 0.5) is 0 Å². The Balaban J connectivity index is 1.72. The first-order chi connectivity index (χ1) is 13.3. The highest BCUT2D eigenvalue weighted by Gasteiger charge is 2.16. The SMILES string of the molecule is COc1ccc(CNC(=S)NNC(=O)CCS(=O)(=O)c2ccc(C)cc2)cc1. The van der Waals surface area contributed by atoms with Crippen molar-refractivity contribution in [3.63, 3.8) is 0 Å². The van der Waals surface area contributed by atoms with E-state index in [2.05, 4.69) is 16.2 Å². The smallest absolute Gasteiger partial charge is 0.239 e. The lowest BCUT2D eigenvalue weighted by Gasteiger charge is -2.12. The summed E-state index contributed by atoms with van der Waals surface area (Å²) in [7, 11) is -1.91. The van der Waals surface area contributed by atoms with Gasteiger partial charge in [-0.25, -0.2) is 8.42 Å². The van der Waals surface area contributed by atoms with E-state index in [1.807, 2.05) is 31.2 Å². The Bertz CT molecular complexity index is 911. The molecule has 0 radical (unpaired) electrons. The number of thiocarbonyl (C=S) groups is 1. The van der Waals surface area contributed by atoms with E-state index in [-0.39, 0.29) is 22.2 Å². The van der Waals surface area contributed by atoms with Crippen molar-refractivity contribution in [2.45, 2.75) is 24.8 Å². The zero-order valence-electron chi connectivity index (χ0n) is 15.7. The van der Waals surface area contributed by atoms with E-state index < -0.39 is 15.7 Å². The molecule has 0 aromatic heterocycles. The lowest BCUT2D eigenvalue weighted by atomic mass is 10.2. The fourth-order valence-corrected chi connectivity index (χ4v) is 3.61. The molecule has 2 aromatic rings. The van der Waals surface area contributed by atoms with Crippen LogP contribution in [0.5, 0.6) is 5.75 Å². The van der Waals surface area contributed by atoms with Gasteiger partial charge in [0.1, 0.15) is 5.75 Å². The van der Waals surface area contributed by atoms with Crippen LogP contribution in [0.2, 0.25) is 0 Å². The Morgan fingerprint density at radius 3 is 2.29 bits per heavy atom. The minimum absolute atomic E-state index is 0.176. The second-order valence-corrected chi connectivity index (χ2v) is 8.60. The minimum atomic E-state index is -3.51. The van der Waals surface area contributed by atoms with Crippen LogP contribution in [0.1, 0.15) is 17.5 Å². The zero-order valence-corrected chi connectivity index (χ0v) is 17.3. The molecule has 150 valence electrons. The maximum absolute atomic E-state index is 12.2. The van der Waals surface area contributed by atoms with Crippen molar-refractivity contribution < 1.29 is 17.9 Å². The van der Waals surface area contributed by atoms with Crippen LogP contribution in [-0.2, 0) is 21.2 Å². The van der Waals surface area contributed by atoms with Gasteiger partial charge in [-0.3, -0.25) is 15.6 Å². The van der Waals surface area contributed by atoms with E-state index in [1.165, 1.54) is 0 Å². The molecule has 1 amide bonds. The summed E-state index contributed by atoms with van der Waals surface area (Å²) < 4.78 is 29.6. The molecule has 3 N–H and O–H groups in total. The normalized spacial score (nSPS) is 10.8. The van der Waals surface area contributed by atoms with Gasteiger partial charge in [0.25, 0.3) is 0 Å². The molecule has 0 aliphatic rings. The Morgan fingerprint density at radius 1 is 1.04 bits per heavy atom. The third kappa shape index (κ3) is 6.82. The molecule has 0 aliphatic carbocycles. The summed E-state index contributed by atoms with van der Waals surface area (Å²) in [6, 6.07) is 14.0. The number of nitrogens with one attached hydrogen (secondary N) is 3. The van der Waals surface area contributed by atoms with Crippen LogP contribution in [0.3, 0.4) is 0 Å². The average molecular weight is 422 g/mol. The summed E-state index contributed by atoms with van der Waals surface area (Å²) in [5, 5.41) is 3.17. The predicted molar refractivity (Wildman–Crippen MR) is 112 cm³/mol. The fourth-order valence-electron chi connectivity index (χ4n) is 2.25. The Labute approximate surface area is 170 Å². The molecule has 0 spiro atoms. The molecule has 0 fully saturated rings. The van der Waals surface area contributed by atoms with Gasteiger partial charge in [-0.05, 0) is 49.0 Å². The Hall–Kier alpha value is -2.65. The molecule has 28 heavy (non-hydrogen) atoms. The first-order valence-corrected chi connectivity index (χ1v) is 10.6. The molecule has 2 rings (SSSR count). The average Bonchev–Trinajstić information content (AvgIpc) is 2.70. The number of benzene rings is 2. The monoisotopic (exact) mass is 421 g/mol.